The van der Waals surface area contributed by atoms with Gasteiger partial charge in [-0.3, -0.25) is 4.68 Å². The molecule has 0 saturated heterocycles. The Hall–Kier alpha value is -1.99. The molecule has 0 fully saturated rings. The highest BCUT2D eigenvalue weighted by Crippen LogP contribution is 2.20. The maximum Gasteiger partial charge on any atom is 0.138 e. The number of ether oxygens (including phenoxy) is 1. The predicted molar refractivity (Wildman–Crippen MR) is 76.3 cm³/mol. The molecule has 1 aromatic heterocycles. The van der Waals surface area contributed by atoms with Crippen molar-refractivity contribution in [3.63, 3.8) is 0 Å². The Morgan fingerprint density at radius 2 is 2.20 bits per heavy atom. The molecule has 104 valence electrons. The van der Waals surface area contributed by atoms with Gasteiger partial charge in [-0.25, -0.2) is 4.39 Å². The summed E-state index contributed by atoms with van der Waals surface area (Å²) in [4.78, 5) is 0. The first-order valence-electron chi connectivity index (χ1n) is 6.07. The Morgan fingerprint density at radius 3 is 2.85 bits per heavy atom. The Kier molecular flexibility index (Phi) is 4.65. The van der Waals surface area contributed by atoms with Gasteiger partial charge in [-0.1, -0.05) is 11.8 Å². The van der Waals surface area contributed by atoms with Gasteiger partial charge in [0.2, 0.25) is 0 Å². The van der Waals surface area contributed by atoms with Crippen LogP contribution in [0.15, 0.2) is 24.3 Å². The SMILES string of the molecule is Cc1cc(COc2cc(F)ccc2C#CCCl)n(C)n1. The van der Waals surface area contributed by atoms with Crippen LogP contribution in [0.4, 0.5) is 4.39 Å². The van der Waals surface area contributed by atoms with Crippen molar-refractivity contribution in [2.45, 2.75) is 13.5 Å². The van der Waals surface area contributed by atoms with E-state index < -0.39 is 0 Å². The largest absolute Gasteiger partial charge is 0.486 e. The topological polar surface area (TPSA) is 27.1 Å². The smallest absolute Gasteiger partial charge is 0.138 e. The summed E-state index contributed by atoms with van der Waals surface area (Å²) < 4.78 is 20.7. The third-order valence-corrected chi connectivity index (χ3v) is 2.84. The molecule has 5 heteroatoms. The number of aryl methyl sites for hydroxylation is 2. The summed E-state index contributed by atoms with van der Waals surface area (Å²) in [6.45, 7) is 2.21. The molecule has 3 nitrogen and oxygen atoms in total. The molecular weight excluding hydrogens is 279 g/mol. The Bertz CT molecular complexity index is 670. The third kappa shape index (κ3) is 3.52. The lowest BCUT2D eigenvalue weighted by Gasteiger charge is -2.08. The van der Waals surface area contributed by atoms with E-state index in [1.54, 1.807) is 10.7 Å². The maximum absolute atomic E-state index is 13.3. The number of hydrogen-bond acceptors (Lipinski definition) is 2. The van der Waals surface area contributed by atoms with Gasteiger partial charge in [0, 0.05) is 13.1 Å². The molecule has 2 aromatic rings. The molecule has 0 atom stereocenters. The molecule has 0 N–H and O–H groups in total. The quantitative estimate of drug-likeness (QED) is 0.642. The molecule has 20 heavy (non-hydrogen) atoms. The summed E-state index contributed by atoms with van der Waals surface area (Å²) in [7, 11) is 1.84. The lowest BCUT2D eigenvalue weighted by atomic mass is 10.2. The van der Waals surface area contributed by atoms with Gasteiger partial charge in [0.1, 0.15) is 18.2 Å². The van der Waals surface area contributed by atoms with Crippen molar-refractivity contribution in [1.82, 2.24) is 9.78 Å². The summed E-state index contributed by atoms with van der Waals surface area (Å²) in [5, 5.41) is 4.23. The normalized spacial score (nSPS) is 10.0. The number of aromatic nitrogens is 2. The molecule has 1 aromatic carbocycles. The number of nitrogens with zero attached hydrogens (tertiary/aromatic N) is 2. The third-order valence-electron chi connectivity index (χ3n) is 2.71. The van der Waals surface area contributed by atoms with Crippen LogP contribution in [0.5, 0.6) is 5.75 Å². The molecule has 2 rings (SSSR count). The highest BCUT2D eigenvalue weighted by atomic mass is 35.5. The van der Waals surface area contributed by atoms with Gasteiger partial charge in [-0.2, -0.15) is 5.10 Å². The van der Waals surface area contributed by atoms with E-state index in [-0.39, 0.29) is 11.7 Å². The molecule has 0 spiro atoms. The Labute approximate surface area is 122 Å². The molecule has 0 saturated carbocycles. The van der Waals surface area contributed by atoms with Gasteiger partial charge >= 0.3 is 0 Å². The van der Waals surface area contributed by atoms with E-state index in [4.69, 9.17) is 16.3 Å². The van der Waals surface area contributed by atoms with Crippen molar-refractivity contribution in [2.24, 2.45) is 7.05 Å². The molecule has 0 aliphatic carbocycles. The first-order chi connectivity index (χ1) is 9.60. The van der Waals surface area contributed by atoms with Gasteiger partial charge in [0.05, 0.1) is 22.8 Å². The summed E-state index contributed by atoms with van der Waals surface area (Å²) in [6.07, 6.45) is 0. The highest BCUT2D eigenvalue weighted by Gasteiger charge is 2.07. The van der Waals surface area contributed by atoms with Gasteiger partial charge in [-0.15, -0.1) is 11.6 Å². The van der Waals surface area contributed by atoms with E-state index in [2.05, 4.69) is 16.9 Å². The van der Waals surface area contributed by atoms with E-state index in [9.17, 15) is 4.39 Å². The van der Waals surface area contributed by atoms with Gasteiger partial charge in [-0.05, 0) is 25.1 Å². The summed E-state index contributed by atoms with van der Waals surface area (Å²) in [6, 6.07) is 6.17. The van der Waals surface area contributed by atoms with Crippen LogP contribution in [0.25, 0.3) is 0 Å². The molecule has 0 unspecified atom stereocenters. The average molecular weight is 293 g/mol. The second kappa shape index (κ2) is 6.44. The summed E-state index contributed by atoms with van der Waals surface area (Å²) >= 11 is 5.53. The van der Waals surface area contributed by atoms with E-state index in [1.807, 2.05) is 20.0 Å². The fourth-order valence-corrected chi connectivity index (χ4v) is 1.87. The van der Waals surface area contributed by atoms with Crippen LogP contribution in [0, 0.1) is 24.6 Å². The average Bonchev–Trinajstić information content (AvgIpc) is 2.73. The number of alkyl halides is 1. The zero-order valence-corrected chi connectivity index (χ0v) is 12.0. The second-order valence-corrected chi connectivity index (χ2v) is 4.53. The van der Waals surface area contributed by atoms with Gasteiger partial charge in [0.25, 0.3) is 0 Å². The number of hydrogen-bond donors (Lipinski definition) is 0. The van der Waals surface area contributed by atoms with E-state index in [0.717, 1.165) is 11.4 Å². The molecule has 1 heterocycles. The fourth-order valence-electron chi connectivity index (χ4n) is 1.80. The van der Waals surface area contributed by atoms with Gasteiger partial charge in [0.15, 0.2) is 0 Å². The lowest BCUT2D eigenvalue weighted by Crippen LogP contribution is -2.04. The second-order valence-electron chi connectivity index (χ2n) is 4.27. The molecule has 0 aliphatic heterocycles. The minimum atomic E-state index is -0.363. The maximum atomic E-state index is 13.3. The number of halogens is 2. The first kappa shape index (κ1) is 14.4. The minimum Gasteiger partial charge on any atom is -0.486 e. The summed E-state index contributed by atoms with van der Waals surface area (Å²) in [5.74, 6) is 5.84. The zero-order chi connectivity index (χ0) is 14.5. The standard InChI is InChI=1S/C15H14ClFN2O/c1-11-8-14(19(2)18-11)10-20-15-9-13(17)6-5-12(15)4-3-7-16/h5-6,8-9H,7,10H2,1-2H3. The monoisotopic (exact) mass is 292 g/mol. The van der Waals surface area contributed by atoms with E-state index in [0.29, 0.717) is 17.9 Å². The van der Waals surface area contributed by atoms with Crippen molar-refractivity contribution >= 4 is 11.6 Å². The molecular formula is C15H14ClFN2O. The van der Waals surface area contributed by atoms with Crippen LogP contribution in [0.2, 0.25) is 0 Å². The van der Waals surface area contributed by atoms with Crippen LogP contribution < -0.4 is 4.74 Å². The minimum absolute atomic E-state index is 0.220. The lowest BCUT2D eigenvalue weighted by molar-refractivity contribution is 0.292. The predicted octanol–water partition coefficient (Wildman–Crippen LogP) is 3.04. The van der Waals surface area contributed by atoms with Crippen molar-refractivity contribution in [2.75, 3.05) is 5.88 Å². The molecule has 0 amide bonds. The highest BCUT2D eigenvalue weighted by molar-refractivity contribution is 6.19. The Balaban J connectivity index is 2.19. The van der Waals surface area contributed by atoms with Crippen LogP contribution in [0.1, 0.15) is 17.0 Å². The van der Waals surface area contributed by atoms with Crippen LogP contribution >= 0.6 is 11.6 Å². The van der Waals surface area contributed by atoms with Gasteiger partial charge < -0.3 is 4.74 Å². The Morgan fingerprint density at radius 1 is 1.40 bits per heavy atom. The number of benzene rings is 1. The van der Waals surface area contributed by atoms with Crippen LogP contribution in [-0.4, -0.2) is 15.7 Å². The number of rotatable bonds is 3. The first-order valence-corrected chi connectivity index (χ1v) is 6.60. The molecule has 0 radical (unpaired) electrons. The zero-order valence-electron chi connectivity index (χ0n) is 11.3. The van der Waals surface area contributed by atoms with Crippen molar-refractivity contribution in [3.8, 4) is 17.6 Å². The van der Waals surface area contributed by atoms with Crippen molar-refractivity contribution in [1.29, 1.82) is 0 Å². The van der Waals surface area contributed by atoms with E-state index in [1.165, 1.54) is 12.1 Å². The van der Waals surface area contributed by atoms with Crippen molar-refractivity contribution < 1.29 is 9.13 Å². The van der Waals surface area contributed by atoms with Crippen molar-refractivity contribution in [3.05, 3.63) is 47.0 Å². The van der Waals surface area contributed by atoms with E-state index >= 15 is 0 Å². The molecule has 0 bridgehead atoms. The molecule has 0 aliphatic rings. The summed E-state index contributed by atoms with van der Waals surface area (Å²) in [5.41, 5.74) is 2.43. The van der Waals surface area contributed by atoms with Crippen LogP contribution in [-0.2, 0) is 13.7 Å². The fraction of sp³-hybridized carbons (Fsp3) is 0.267. The van der Waals surface area contributed by atoms with Crippen LogP contribution in [0.3, 0.4) is 0 Å².